The van der Waals surface area contributed by atoms with Crippen LogP contribution in [0, 0.1) is 0 Å². The van der Waals surface area contributed by atoms with Gasteiger partial charge < -0.3 is 10.2 Å². The number of carbonyl (C=O) groups is 2. The molecule has 0 bridgehead atoms. The van der Waals surface area contributed by atoms with Crippen molar-refractivity contribution in [2.24, 2.45) is 0 Å². The number of hydrogen-bond donors (Lipinski definition) is 2. The highest BCUT2D eigenvalue weighted by molar-refractivity contribution is 7.99. The maximum Gasteiger partial charge on any atom is 0.313 e. The Morgan fingerprint density at radius 3 is 2.83 bits per heavy atom. The third-order valence-corrected chi connectivity index (χ3v) is 3.95. The van der Waals surface area contributed by atoms with Crippen molar-refractivity contribution in [1.82, 2.24) is 0 Å². The number of phenolic OH excluding ortho intramolecular Hbond substituents is 1. The largest absolute Gasteiger partial charge is 0.508 e. The molecule has 0 saturated carbocycles. The molecule has 0 amide bonds. The van der Waals surface area contributed by atoms with E-state index in [4.69, 9.17) is 5.11 Å². The van der Waals surface area contributed by atoms with Gasteiger partial charge in [0.25, 0.3) is 0 Å². The summed E-state index contributed by atoms with van der Waals surface area (Å²) in [5.74, 6) is -0.187. The molecule has 5 heteroatoms. The van der Waals surface area contributed by atoms with Gasteiger partial charge in [-0.3, -0.25) is 9.59 Å². The Balaban J connectivity index is 2.25. The molecule has 1 aromatic rings. The van der Waals surface area contributed by atoms with E-state index in [2.05, 4.69) is 0 Å². The van der Waals surface area contributed by atoms with Gasteiger partial charge in [-0.15, -0.1) is 11.8 Å². The van der Waals surface area contributed by atoms with E-state index >= 15 is 0 Å². The lowest BCUT2D eigenvalue weighted by atomic mass is 9.87. The summed E-state index contributed by atoms with van der Waals surface area (Å²) >= 11 is 1.23. The summed E-state index contributed by atoms with van der Waals surface area (Å²) < 4.78 is 0. The molecule has 1 aromatic carbocycles. The monoisotopic (exact) mass is 266 g/mol. The zero-order valence-corrected chi connectivity index (χ0v) is 10.6. The molecular weight excluding hydrogens is 252 g/mol. The second-order valence-corrected chi connectivity index (χ2v) is 5.24. The van der Waals surface area contributed by atoms with Gasteiger partial charge in [0.05, 0.1) is 5.75 Å². The van der Waals surface area contributed by atoms with Crippen molar-refractivity contribution < 1.29 is 19.8 Å². The van der Waals surface area contributed by atoms with Crippen molar-refractivity contribution >= 4 is 23.5 Å². The molecule has 0 fully saturated rings. The highest BCUT2D eigenvalue weighted by Crippen LogP contribution is 2.32. The number of Topliss-reactive ketones (excluding diaryl/α,β-unsaturated/α-hetero) is 1. The molecule has 1 aliphatic rings. The Bertz CT molecular complexity index is 496. The van der Waals surface area contributed by atoms with Gasteiger partial charge in [-0.2, -0.15) is 0 Å². The van der Waals surface area contributed by atoms with Gasteiger partial charge in [-0.1, -0.05) is 0 Å². The number of rotatable bonds is 4. The zero-order chi connectivity index (χ0) is 13.1. The van der Waals surface area contributed by atoms with Crippen molar-refractivity contribution in [1.29, 1.82) is 0 Å². The zero-order valence-electron chi connectivity index (χ0n) is 9.81. The van der Waals surface area contributed by atoms with Crippen molar-refractivity contribution in [3.63, 3.8) is 0 Å². The van der Waals surface area contributed by atoms with E-state index in [1.54, 1.807) is 6.07 Å². The van der Waals surface area contributed by atoms with Crippen LogP contribution >= 0.6 is 11.8 Å². The van der Waals surface area contributed by atoms with Crippen molar-refractivity contribution in [2.45, 2.75) is 25.0 Å². The SMILES string of the molecule is O=C(O)CSCc1c(O)ccc2c1CCCC2=O. The average molecular weight is 266 g/mol. The number of aromatic hydroxyl groups is 1. The fourth-order valence-corrected chi connectivity index (χ4v) is 2.99. The molecule has 18 heavy (non-hydrogen) atoms. The van der Waals surface area contributed by atoms with Crippen LogP contribution in [0.3, 0.4) is 0 Å². The first-order chi connectivity index (χ1) is 8.59. The number of aliphatic carboxylic acids is 1. The van der Waals surface area contributed by atoms with E-state index in [0.717, 1.165) is 18.4 Å². The summed E-state index contributed by atoms with van der Waals surface area (Å²) in [6.45, 7) is 0. The normalized spacial score (nSPS) is 14.3. The minimum atomic E-state index is -0.875. The molecule has 0 aliphatic heterocycles. The molecule has 2 N–H and O–H groups in total. The van der Waals surface area contributed by atoms with Crippen LogP contribution in [-0.4, -0.2) is 27.7 Å². The van der Waals surface area contributed by atoms with Crippen LogP contribution in [0.5, 0.6) is 5.75 Å². The Hall–Kier alpha value is -1.49. The first-order valence-corrected chi connectivity index (χ1v) is 6.91. The number of ketones is 1. The lowest BCUT2D eigenvalue weighted by Gasteiger charge is -2.19. The number of carboxylic acid groups (broad SMARTS) is 1. The molecule has 0 aromatic heterocycles. The van der Waals surface area contributed by atoms with Crippen LogP contribution in [0.4, 0.5) is 0 Å². The highest BCUT2D eigenvalue weighted by Gasteiger charge is 2.21. The summed E-state index contributed by atoms with van der Waals surface area (Å²) in [4.78, 5) is 22.2. The van der Waals surface area contributed by atoms with Crippen LogP contribution in [0.15, 0.2) is 12.1 Å². The Kier molecular flexibility index (Phi) is 3.91. The number of phenols is 1. The van der Waals surface area contributed by atoms with E-state index in [0.29, 0.717) is 23.3 Å². The van der Waals surface area contributed by atoms with Crippen molar-refractivity contribution in [3.05, 3.63) is 28.8 Å². The molecule has 4 nitrogen and oxygen atoms in total. The van der Waals surface area contributed by atoms with Crippen LogP contribution in [0.1, 0.15) is 34.3 Å². The average Bonchev–Trinajstić information content (AvgIpc) is 2.32. The van der Waals surface area contributed by atoms with Gasteiger partial charge in [-0.05, 0) is 30.5 Å². The minimum absolute atomic E-state index is 0.00292. The molecular formula is C13H14O4S. The number of carboxylic acids is 1. The summed E-state index contributed by atoms with van der Waals surface area (Å²) in [6.07, 6.45) is 2.13. The second-order valence-electron chi connectivity index (χ2n) is 4.25. The fourth-order valence-electron chi connectivity index (χ4n) is 2.19. The van der Waals surface area contributed by atoms with Gasteiger partial charge >= 0.3 is 5.97 Å². The quantitative estimate of drug-likeness (QED) is 0.874. The maximum atomic E-state index is 11.7. The van der Waals surface area contributed by atoms with Crippen LogP contribution in [0.25, 0.3) is 0 Å². The summed E-state index contributed by atoms with van der Waals surface area (Å²) in [5, 5.41) is 18.4. The predicted octanol–water partition coefficient (Wildman–Crippen LogP) is 2.23. The number of thioether (sulfide) groups is 1. The smallest absolute Gasteiger partial charge is 0.313 e. The van der Waals surface area contributed by atoms with Crippen molar-refractivity contribution in [2.75, 3.05) is 5.75 Å². The number of hydrogen-bond acceptors (Lipinski definition) is 4. The van der Waals surface area contributed by atoms with E-state index < -0.39 is 5.97 Å². The topological polar surface area (TPSA) is 74.6 Å². The standard InChI is InChI=1S/C13H14O4S/c14-11-3-1-2-8-9(11)4-5-12(15)10(8)6-18-7-13(16)17/h4-5,15H,1-3,6-7H2,(H,16,17). The van der Waals surface area contributed by atoms with Crippen LogP contribution in [0.2, 0.25) is 0 Å². The molecule has 0 heterocycles. The molecule has 0 saturated heterocycles. The first-order valence-electron chi connectivity index (χ1n) is 5.76. The molecule has 0 spiro atoms. The number of fused-ring (bicyclic) bond motifs is 1. The highest BCUT2D eigenvalue weighted by atomic mass is 32.2. The Morgan fingerprint density at radius 1 is 1.33 bits per heavy atom. The van der Waals surface area contributed by atoms with Gasteiger partial charge in [-0.25, -0.2) is 0 Å². The molecule has 0 atom stereocenters. The summed E-state index contributed by atoms with van der Waals surface area (Å²) in [7, 11) is 0. The minimum Gasteiger partial charge on any atom is -0.508 e. The Labute approximate surface area is 109 Å². The van der Waals surface area contributed by atoms with Gasteiger partial charge in [0, 0.05) is 23.3 Å². The molecule has 0 radical (unpaired) electrons. The van der Waals surface area contributed by atoms with Crippen LogP contribution < -0.4 is 0 Å². The van der Waals surface area contributed by atoms with Gasteiger partial charge in [0.15, 0.2) is 5.78 Å². The molecule has 0 unspecified atom stereocenters. The third kappa shape index (κ3) is 2.67. The number of benzene rings is 1. The fraction of sp³-hybridized carbons (Fsp3) is 0.385. The summed E-state index contributed by atoms with van der Waals surface area (Å²) in [5.41, 5.74) is 2.29. The Morgan fingerprint density at radius 2 is 2.11 bits per heavy atom. The summed E-state index contributed by atoms with van der Waals surface area (Å²) in [6, 6.07) is 3.19. The predicted molar refractivity (Wildman–Crippen MR) is 69.2 cm³/mol. The van der Waals surface area contributed by atoms with E-state index in [1.807, 2.05) is 0 Å². The lowest BCUT2D eigenvalue weighted by Crippen LogP contribution is -2.13. The van der Waals surface area contributed by atoms with Gasteiger partial charge in [0.1, 0.15) is 5.75 Å². The third-order valence-electron chi connectivity index (χ3n) is 3.01. The van der Waals surface area contributed by atoms with Gasteiger partial charge in [0.2, 0.25) is 0 Å². The lowest BCUT2D eigenvalue weighted by molar-refractivity contribution is -0.133. The van der Waals surface area contributed by atoms with E-state index in [1.165, 1.54) is 17.8 Å². The molecule has 2 rings (SSSR count). The number of carbonyl (C=O) groups excluding carboxylic acids is 1. The van der Waals surface area contributed by atoms with E-state index in [9.17, 15) is 14.7 Å². The molecule has 96 valence electrons. The second kappa shape index (κ2) is 5.44. The van der Waals surface area contributed by atoms with E-state index in [-0.39, 0.29) is 17.3 Å². The van der Waals surface area contributed by atoms with Crippen LogP contribution in [-0.2, 0) is 17.0 Å². The molecule has 1 aliphatic carbocycles. The first kappa shape index (κ1) is 13.0. The maximum absolute atomic E-state index is 11.7. The van der Waals surface area contributed by atoms with Crippen molar-refractivity contribution in [3.8, 4) is 5.75 Å².